The van der Waals surface area contributed by atoms with E-state index in [9.17, 15) is 18.0 Å². The SMILES string of the molecule is CC(C)N(C(=O)c1ccc(C(F)(F)F)cc1)C1CCNC1. The van der Waals surface area contributed by atoms with E-state index in [4.69, 9.17) is 0 Å². The van der Waals surface area contributed by atoms with Gasteiger partial charge in [-0.2, -0.15) is 13.2 Å². The Balaban J connectivity index is 2.20. The number of halogens is 3. The van der Waals surface area contributed by atoms with Crippen LogP contribution in [-0.4, -0.2) is 36.0 Å². The molecule has 2 rings (SSSR count). The van der Waals surface area contributed by atoms with E-state index in [1.54, 1.807) is 4.90 Å². The molecule has 1 aliphatic rings. The lowest BCUT2D eigenvalue weighted by Gasteiger charge is -2.32. The summed E-state index contributed by atoms with van der Waals surface area (Å²) in [5, 5.41) is 3.20. The van der Waals surface area contributed by atoms with Crippen LogP contribution in [0.5, 0.6) is 0 Å². The number of benzene rings is 1. The van der Waals surface area contributed by atoms with Crippen molar-refractivity contribution in [3.63, 3.8) is 0 Å². The van der Waals surface area contributed by atoms with Crippen LogP contribution >= 0.6 is 0 Å². The van der Waals surface area contributed by atoms with Gasteiger partial charge in [0.05, 0.1) is 5.56 Å². The van der Waals surface area contributed by atoms with Crippen molar-refractivity contribution in [3.8, 4) is 0 Å². The van der Waals surface area contributed by atoms with E-state index in [0.717, 1.165) is 31.6 Å². The molecule has 0 spiro atoms. The summed E-state index contributed by atoms with van der Waals surface area (Å²) in [6.45, 7) is 5.42. The van der Waals surface area contributed by atoms with E-state index in [2.05, 4.69) is 5.32 Å². The number of alkyl halides is 3. The zero-order valence-corrected chi connectivity index (χ0v) is 12.1. The van der Waals surface area contributed by atoms with E-state index in [1.807, 2.05) is 13.8 Å². The van der Waals surface area contributed by atoms with E-state index >= 15 is 0 Å². The molecule has 0 aromatic heterocycles. The monoisotopic (exact) mass is 300 g/mol. The Kier molecular flexibility index (Phi) is 4.56. The van der Waals surface area contributed by atoms with Crippen molar-refractivity contribution in [1.29, 1.82) is 0 Å². The fourth-order valence-electron chi connectivity index (χ4n) is 2.65. The van der Waals surface area contributed by atoms with Gasteiger partial charge < -0.3 is 10.2 Å². The Morgan fingerprint density at radius 1 is 1.29 bits per heavy atom. The second-order valence-corrected chi connectivity index (χ2v) is 5.53. The molecule has 1 atom stereocenters. The van der Waals surface area contributed by atoms with Crippen LogP contribution in [0.3, 0.4) is 0 Å². The summed E-state index contributed by atoms with van der Waals surface area (Å²) in [6.07, 6.45) is -3.51. The molecule has 3 nitrogen and oxygen atoms in total. The molecule has 0 radical (unpaired) electrons. The zero-order valence-electron chi connectivity index (χ0n) is 12.1. The summed E-state index contributed by atoms with van der Waals surface area (Å²) in [7, 11) is 0. The van der Waals surface area contributed by atoms with Crippen molar-refractivity contribution < 1.29 is 18.0 Å². The van der Waals surface area contributed by atoms with E-state index in [1.165, 1.54) is 12.1 Å². The van der Waals surface area contributed by atoms with Crippen LogP contribution in [0.1, 0.15) is 36.2 Å². The second-order valence-electron chi connectivity index (χ2n) is 5.53. The highest BCUT2D eigenvalue weighted by atomic mass is 19.4. The van der Waals surface area contributed by atoms with E-state index < -0.39 is 11.7 Å². The minimum absolute atomic E-state index is 0.00435. The highest BCUT2D eigenvalue weighted by Gasteiger charge is 2.32. The third-order valence-electron chi connectivity index (χ3n) is 3.68. The lowest BCUT2D eigenvalue weighted by Crippen LogP contribution is -2.45. The van der Waals surface area contributed by atoms with Crippen molar-refractivity contribution in [1.82, 2.24) is 10.2 Å². The molecule has 1 heterocycles. The molecular weight excluding hydrogens is 281 g/mol. The minimum atomic E-state index is -4.38. The average Bonchev–Trinajstić information content (AvgIpc) is 2.91. The standard InChI is InChI=1S/C15H19F3N2O/c1-10(2)20(13-7-8-19-9-13)14(21)11-3-5-12(6-4-11)15(16,17)18/h3-6,10,13,19H,7-9H2,1-2H3. The Morgan fingerprint density at radius 2 is 1.90 bits per heavy atom. The Bertz CT molecular complexity index is 491. The largest absolute Gasteiger partial charge is 0.416 e. The third kappa shape index (κ3) is 3.56. The van der Waals surface area contributed by atoms with Crippen LogP contribution in [0.2, 0.25) is 0 Å². The van der Waals surface area contributed by atoms with Crippen molar-refractivity contribution in [3.05, 3.63) is 35.4 Å². The number of nitrogens with zero attached hydrogens (tertiary/aromatic N) is 1. The number of hydrogen-bond acceptors (Lipinski definition) is 2. The molecule has 0 saturated carbocycles. The van der Waals surface area contributed by atoms with Gasteiger partial charge >= 0.3 is 6.18 Å². The summed E-state index contributed by atoms with van der Waals surface area (Å²) in [5.74, 6) is -0.215. The third-order valence-corrected chi connectivity index (χ3v) is 3.68. The maximum Gasteiger partial charge on any atom is 0.416 e. The van der Waals surface area contributed by atoms with Gasteiger partial charge in [0.2, 0.25) is 0 Å². The zero-order chi connectivity index (χ0) is 15.6. The van der Waals surface area contributed by atoms with E-state index in [0.29, 0.717) is 5.56 Å². The summed E-state index contributed by atoms with van der Waals surface area (Å²) in [4.78, 5) is 14.3. The Labute approximate surface area is 122 Å². The molecule has 1 aromatic carbocycles. The van der Waals surface area contributed by atoms with Gasteiger partial charge in [0.1, 0.15) is 0 Å². The van der Waals surface area contributed by atoms with Crippen LogP contribution in [-0.2, 0) is 6.18 Å². The number of hydrogen-bond donors (Lipinski definition) is 1. The number of carbonyl (C=O) groups is 1. The highest BCUT2D eigenvalue weighted by molar-refractivity contribution is 5.94. The lowest BCUT2D eigenvalue weighted by atomic mass is 10.1. The lowest BCUT2D eigenvalue weighted by molar-refractivity contribution is -0.137. The fraction of sp³-hybridized carbons (Fsp3) is 0.533. The molecule has 6 heteroatoms. The van der Waals surface area contributed by atoms with Gasteiger partial charge in [-0.05, 0) is 51.1 Å². The van der Waals surface area contributed by atoms with Gasteiger partial charge in [0.25, 0.3) is 5.91 Å². The summed E-state index contributed by atoms with van der Waals surface area (Å²) >= 11 is 0. The highest BCUT2D eigenvalue weighted by Crippen LogP contribution is 2.29. The molecule has 1 saturated heterocycles. The molecule has 1 aromatic rings. The molecule has 1 unspecified atom stereocenters. The smallest absolute Gasteiger partial charge is 0.332 e. The Morgan fingerprint density at radius 3 is 2.33 bits per heavy atom. The van der Waals surface area contributed by atoms with Crippen LogP contribution in [0.25, 0.3) is 0 Å². The van der Waals surface area contributed by atoms with Crippen LogP contribution < -0.4 is 5.32 Å². The molecule has 1 aliphatic heterocycles. The van der Waals surface area contributed by atoms with Gasteiger partial charge in [-0.15, -0.1) is 0 Å². The second kappa shape index (κ2) is 6.05. The molecule has 116 valence electrons. The molecule has 1 fully saturated rings. The van der Waals surface area contributed by atoms with Crippen LogP contribution in [0.15, 0.2) is 24.3 Å². The first-order valence-corrected chi connectivity index (χ1v) is 7.01. The summed E-state index contributed by atoms with van der Waals surface area (Å²) in [5.41, 5.74) is -0.443. The van der Waals surface area contributed by atoms with Crippen molar-refractivity contribution in [2.45, 2.75) is 38.5 Å². The molecular formula is C15H19F3N2O. The number of carbonyl (C=O) groups excluding carboxylic acids is 1. The van der Waals surface area contributed by atoms with Crippen molar-refractivity contribution in [2.24, 2.45) is 0 Å². The van der Waals surface area contributed by atoms with Gasteiger partial charge in [0, 0.05) is 24.2 Å². The summed E-state index contributed by atoms with van der Waals surface area (Å²) in [6, 6.07) is 4.52. The minimum Gasteiger partial charge on any atom is -0.332 e. The first-order valence-electron chi connectivity index (χ1n) is 7.01. The number of amides is 1. The average molecular weight is 300 g/mol. The maximum atomic E-state index is 12.6. The maximum absolute atomic E-state index is 12.6. The van der Waals surface area contributed by atoms with Crippen molar-refractivity contribution >= 4 is 5.91 Å². The topological polar surface area (TPSA) is 32.3 Å². The fourth-order valence-corrected chi connectivity index (χ4v) is 2.65. The quantitative estimate of drug-likeness (QED) is 0.931. The normalized spacial score (nSPS) is 19.0. The molecule has 0 bridgehead atoms. The van der Waals surface area contributed by atoms with Crippen LogP contribution in [0.4, 0.5) is 13.2 Å². The van der Waals surface area contributed by atoms with E-state index in [-0.39, 0.29) is 18.0 Å². The number of nitrogens with one attached hydrogen (secondary N) is 1. The summed E-state index contributed by atoms with van der Waals surface area (Å²) < 4.78 is 37.6. The molecule has 21 heavy (non-hydrogen) atoms. The van der Waals surface area contributed by atoms with Gasteiger partial charge in [-0.3, -0.25) is 4.79 Å². The molecule has 0 aliphatic carbocycles. The van der Waals surface area contributed by atoms with Crippen LogP contribution in [0, 0.1) is 0 Å². The first-order chi connectivity index (χ1) is 9.80. The number of rotatable bonds is 3. The molecule has 1 amide bonds. The predicted octanol–water partition coefficient (Wildman–Crippen LogP) is 2.92. The first kappa shape index (κ1) is 15.8. The molecule has 1 N–H and O–H groups in total. The Hall–Kier alpha value is -1.56. The van der Waals surface area contributed by atoms with Crippen molar-refractivity contribution in [2.75, 3.05) is 13.1 Å². The predicted molar refractivity (Wildman–Crippen MR) is 74.0 cm³/mol. The van der Waals surface area contributed by atoms with Gasteiger partial charge in [0.15, 0.2) is 0 Å². The van der Waals surface area contributed by atoms with Gasteiger partial charge in [-0.1, -0.05) is 0 Å². The van der Waals surface area contributed by atoms with Gasteiger partial charge in [-0.25, -0.2) is 0 Å².